The number of hydrogen-bond acceptors (Lipinski definition) is 2. The average Bonchev–Trinajstić information content (AvgIpc) is 2.12. The lowest BCUT2D eigenvalue weighted by Crippen LogP contribution is -2.50. The fourth-order valence-electron chi connectivity index (χ4n) is 0.601. The molecular formula is C7H16N4S2. The van der Waals surface area contributed by atoms with Crippen LogP contribution in [0.25, 0.3) is 0 Å². The summed E-state index contributed by atoms with van der Waals surface area (Å²) in [5.74, 6) is 0. The van der Waals surface area contributed by atoms with E-state index in [0.717, 1.165) is 19.5 Å². The Morgan fingerprint density at radius 1 is 1.00 bits per heavy atom. The topological polar surface area (TPSA) is 48.1 Å². The normalized spacial score (nSPS) is 8.77. The molecule has 0 aromatic rings. The Bertz CT molecular complexity index is 172. The van der Waals surface area contributed by atoms with Gasteiger partial charge in [-0.15, -0.1) is 0 Å². The molecule has 0 amide bonds. The Morgan fingerprint density at radius 3 is 2.00 bits per heavy atom. The molecule has 0 radical (unpaired) electrons. The maximum atomic E-state index is 4.95. The summed E-state index contributed by atoms with van der Waals surface area (Å²) in [6, 6.07) is 0. The number of rotatable bonds is 3. The summed E-state index contributed by atoms with van der Waals surface area (Å²) in [4.78, 5) is 0. The van der Waals surface area contributed by atoms with Crippen LogP contribution in [-0.4, -0.2) is 23.3 Å². The van der Waals surface area contributed by atoms with Crippen LogP contribution in [-0.2, 0) is 0 Å². The minimum Gasteiger partial charge on any atom is -0.362 e. The zero-order valence-corrected chi connectivity index (χ0v) is 9.57. The van der Waals surface area contributed by atoms with E-state index < -0.39 is 0 Å². The SMILES string of the molecule is CCCNC(=S)NNC(=S)NCC. The van der Waals surface area contributed by atoms with E-state index in [9.17, 15) is 0 Å². The molecule has 0 spiro atoms. The molecule has 0 heterocycles. The summed E-state index contributed by atoms with van der Waals surface area (Å²) < 4.78 is 0. The van der Waals surface area contributed by atoms with Crippen molar-refractivity contribution in [2.75, 3.05) is 13.1 Å². The molecule has 0 aromatic carbocycles. The molecule has 6 heteroatoms. The Kier molecular flexibility index (Phi) is 7.62. The van der Waals surface area contributed by atoms with Crippen LogP contribution in [0.1, 0.15) is 20.3 Å². The van der Waals surface area contributed by atoms with Gasteiger partial charge in [-0.25, -0.2) is 0 Å². The molecule has 0 saturated heterocycles. The van der Waals surface area contributed by atoms with Gasteiger partial charge in [-0.3, -0.25) is 10.9 Å². The predicted octanol–water partition coefficient (Wildman–Crippen LogP) is 0.259. The van der Waals surface area contributed by atoms with Crippen LogP contribution in [0.5, 0.6) is 0 Å². The second-order valence-electron chi connectivity index (χ2n) is 2.37. The summed E-state index contributed by atoms with van der Waals surface area (Å²) in [5, 5.41) is 7.03. The first-order valence-corrected chi connectivity index (χ1v) is 5.10. The number of hydrazine groups is 1. The van der Waals surface area contributed by atoms with Crippen molar-refractivity contribution in [3.63, 3.8) is 0 Å². The van der Waals surface area contributed by atoms with Crippen molar-refractivity contribution in [3.05, 3.63) is 0 Å². The molecule has 0 fully saturated rings. The highest BCUT2D eigenvalue weighted by atomic mass is 32.1. The van der Waals surface area contributed by atoms with Crippen LogP contribution < -0.4 is 21.5 Å². The van der Waals surface area contributed by atoms with Gasteiger partial charge < -0.3 is 10.6 Å². The van der Waals surface area contributed by atoms with Crippen molar-refractivity contribution in [3.8, 4) is 0 Å². The fraction of sp³-hybridized carbons (Fsp3) is 0.714. The van der Waals surface area contributed by atoms with E-state index in [0.29, 0.717) is 10.2 Å². The van der Waals surface area contributed by atoms with Crippen LogP contribution in [0.15, 0.2) is 0 Å². The first-order chi connectivity index (χ1) is 6.20. The Hall–Kier alpha value is -0.620. The smallest absolute Gasteiger partial charge is 0.185 e. The molecule has 0 rings (SSSR count). The van der Waals surface area contributed by atoms with Gasteiger partial charge in [-0.1, -0.05) is 6.92 Å². The quantitative estimate of drug-likeness (QED) is 0.404. The fourth-order valence-corrected chi connectivity index (χ4v) is 0.949. The van der Waals surface area contributed by atoms with E-state index in [-0.39, 0.29) is 0 Å². The van der Waals surface area contributed by atoms with E-state index >= 15 is 0 Å². The summed E-state index contributed by atoms with van der Waals surface area (Å²) in [6.45, 7) is 5.71. The number of nitrogens with one attached hydrogen (secondary N) is 4. The van der Waals surface area contributed by atoms with Crippen molar-refractivity contribution in [1.82, 2.24) is 21.5 Å². The van der Waals surface area contributed by atoms with Gasteiger partial charge in [0.2, 0.25) is 0 Å². The van der Waals surface area contributed by atoms with E-state index in [1.807, 2.05) is 6.92 Å². The van der Waals surface area contributed by atoms with Gasteiger partial charge in [0.1, 0.15) is 0 Å². The number of hydrogen-bond donors (Lipinski definition) is 4. The molecule has 0 atom stereocenters. The standard InChI is InChI=1S/C7H16N4S2/c1-3-5-9-7(13)11-10-6(12)8-4-2/h3-5H2,1-2H3,(H2,8,10,12)(H2,9,11,13). The molecule has 13 heavy (non-hydrogen) atoms. The summed E-state index contributed by atoms with van der Waals surface area (Å²) >= 11 is 9.86. The third-order valence-corrected chi connectivity index (χ3v) is 1.66. The lowest BCUT2D eigenvalue weighted by Gasteiger charge is -2.12. The lowest BCUT2D eigenvalue weighted by molar-refractivity contribution is 0.767. The predicted molar refractivity (Wildman–Crippen MR) is 63.4 cm³/mol. The Morgan fingerprint density at radius 2 is 1.54 bits per heavy atom. The van der Waals surface area contributed by atoms with Crippen LogP contribution in [0, 0.1) is 0 Å². The average molecular weight is 220 g/mol. The van der Waals surface area contributed by atoms with E-state index in [2.05, 4.69) is 28.4 Å². The molecule has 0 aromatic heterocycles. The molecule has 0 aliphatic heterocycles. The summed E-state index contributed by atoms with van der Waals surface area (Å²) in [7, 11) is 0. The van der Waals surface area contributed by atoms with E-state index in [1.165, 1.54) is 0 Å². The van der Waals surface area contributed by atoms with Gasteiger partial charge in [0.05, 0.1) is 0 Å². The first-order valence-electron chi connectivity index (χ1n) is 4.28. The highest BCUT2D eigenvalue weighted by molar-refractivity contribution is 7.80. The minimum atomic E-state index is 0.545. The third kappa shape index (κ3) is 7.73. The van der Waals surface area contributed by atoms with E-state index in [4.69, 9.17) is 24.4 Å². The van der Waals surface area contributed by atoms with Gasteiger partial charge >= 0.3 is 0 Å². The molecule has 0 saturated carbocycles. The monoisotopic (exact) mass is 220 g/mol. The van der Waals surface area contributed by atoms with Gasteiger partial charge in [0.15, 0.2) is 10.2 Å². The molecule has 0 unspecified atom stereocenters. The Balaban J connectivity index is 3.40. The van der Waals surface area contributed by atoms with Gasteiger partial charge in [0, 0.05) is 13.1 Å². The van der Waals surface area contributed by atoms with Crippen LogP contribution in [0.3, 0.4) is 0 Å². The van der Waals surface area contributed by atoms with Gasteiger partial charge in [0.25, 0.3) is 0 Å². The van der Waals surface area contributed by atoms with Crippen molar-refractivity contribution in [2.24, 2.45) is 0 Å². The highest BCUT2D eigenvalue weighted by Crippen LogP contribution is 1.70. The first kappa shape index (κ1) is 12.4. The van der Waals surface area contributed by atoms with Gasteiger partial charge in [-0.2, -0.15) is 0 Å². The van der Waals surface area contributed by atoms with Crippen LogP contribution in [0.2, 0.25) is 0 Å². The second kappa shape index (κ2) is 8.00. The maximum absolute atomic E-state index is 4.95. The summed E-state index contributed by atoms with van der Waals surface area (Å²) in [5.41, 5.74) is 5.53. The molecule has 4 N–H and O–H groups in total. The second-order valence-corrected chi connectivity index (χ2v) is 3.18. The third-order valence-electron chi connectivity index (χ3n) is 1.16. The largest absolute Gasteiger partial charge is 0.362 e. The molecule has 4 nitrogen and oxygen atoms in total. The van der Waals surface area contributed by atoms with Crippen LogP contribution >= 0.6 is 24.4 Å². The molecule has 0 aliphatic rings. The zero-order chi connectivity index (χ0) is 10.1. The molecule has 0 aliphatic carbocycles. The van der Waals surface area contributed by atoms with E-state index in [1.54, 1.807) is 0 Å². The lowest BCUT2D eigenvalue weighted by atomic mass is 10.5. The molecule has 0 bridgehead atoms. The van der Waals surface area contributed by atoms with Crippen molar-refractivity contribution >= 4 is 34.7 Å². The summed E-state index contributed by atoms with van der Waals surface area (Å²) in [6.07, 6.45) is 1.04. The highest BCUT2D eigenvalue weighted by Gasteiger charge is 1.94. The molecular weight excluding hydrogens is 204 g/mol. The van der Waals surface area contributed by atoms with Crippen LogP contribution in [0.4, 0.5) is 0 Å². The molecule has 76 valence electrons. The van der Waals surface area contributed by atoms with Crippen molar-refractivity contribution < 1.29 is 0 Å². The maximum Gasteiger partial charge on any atom is 0.185 e. The van der Waals surface area contributed by atoms with Crippen molar-refractivity contribution in [1.29, 1.82) is 0 Å². The Labute approximate surface area is 89.8 Å². The zero-order valence-electron chi connectivity index (χ0n) is 7.94. The van der Waals surface area contributed by atoms with Gasteiger partial charge in [-0.05, 0) is 37.8 Å². The van der Waals surface area contributed by atoms with Crippen molar-refractivity contribution in [2.45, 2.75) is 20.3 Å². The minimum absolute atomic E-state index is 0.545. The number of thiocarbonyl (C=S) groups is 2.